The van der Waals surface area contributed by atoms with Crippen LogP contribution in [0.4, 0.5) is 0 Å². The highest BCUT2D eigenvalue weighted by atomic mass is 14.0. The Morgan fingerprint density at radius 3 is 2.69 bits per heavy atom. The molecule has 0 saturated heterocycles. The van der Waals surface area contributed by atoms with E-state index in [2.05, 4.69) is 48.8 Å². The van der Waals surface area contributed by atoms with E-state index in [9.17, 15) is 0 Å². The lowest BCUT2D eigenvalue weighted by Crippen LogP contribution is -1.86. The van der Waals surface area contributed by atoms with Crippen LogP contribution in [-0.4, -0.2) is 0 Å². The highest BCUT2D eigenvalue weighted by Gasteiger charge is 2.00. The molecule has 0 fully saturated rings. The minimum atomic E-state index is 0.909. The predicted octanol–water partition coefficient (Wildman–Crippen LogP) is 3.98. The highest BCUT2D eigenvalue weighted by molar-refractivity contribution is 5.68. The van der Waals surface area contributed by atoms with Crippen LogP contribution in [0.25, 0.3) is 5.57 Å². The minimum Gasteiger partial charge on any atom is -0.0978 e. The molecule has 0 bridgehead atoms. The fraction of sp³-hybridized carbons (Fsp3) is 0.125. The Morgan fingerprint density at radius 1 is 1.12 bits per heavy atom. The molecular formula is C16H14. The van der Waals surface area contributed by atoms with Gasteiger partial charge in [0.1, 0.15) is 0 Å². The Hall–Kier alpha value is -2.00. The van der Waals surface area contributed by atoms with Crippen LogP contribution in [-0.2, 0) is 0 Å². The van der Waals surface area contributed by atoms with Crippen LogP contribution in [0, 0.1) is 11.8 Å². The molecule has 0 N–H and O–H groups in total. The zero-order chi connectivity index (χ0) is 11.2. The van der Waals surface area contributed by atoms with Gasteiger partial charge in [-0.1, -0.05) is 60.9 Å². The van der Waals surface area contributed by atoms with Gasteiger partial charge in [-0.25, -0.2) is 0 Å². The first kappa shape index (κ1) is 10.5. The zero-order valence-corrected chi connectivity index (χ0v) is 9.24. The van der Waals surface area contributed by atoms with E-state index in [4.69, 9.17) is 0 Å². The smallest absolute Gasteiger partial charge is 0.0239 e. The molecule has 0 radical (unpaired) electrons. The molecule has 2 rings (SSSR count). The van der Waals surface area contributed by atoms with Crippen molar-refractivity contribution in [2.45, 2.75) is 12.8 Å². The van der Waals surface area contributed by atoms with Crippen LogP contribution in [0.3, 0.4) is 0 Å². The second-order valence-corrected chi connectivity index (χ2v) is 3.69. The van der Waals surface area contributed by atoms with Crippen LogP contribution >= 0.6 is 0 Å². The molecule has 0 aromatic heterocycles. The van der Waals surface area contributed by atoms with Crippen LogP contribution < -0.4 is 0 Å². The van der Waals surface area contributed by atoms with Crippen molar-refractivity contribution in [2.75, 3.05) is 0 Å². The number of hydrogen-bond donors (Lipinski definition) is 0. The van der Waals surface area contributed by atoms with Gasteiger partial charge < -0.3 is 0 Å². The maximum Gasteiger partial charge on any atom is 0.0239 e. The Kier molecular flexibility index (Phi) is 3.41. The summed E-state index contributed by atoms with van der Waals surface area (Å²) in [6.45, 7) is 3.75. The summed E-state index contributed by atoms with van der Waals surface area (Å²) < 4.78 is 0. The van der Waals surface area contributed by atoms with Gasteiger partial charge in [-0.15, -0.1) is 0 Å². The van der Waals surface area contributed by atoms with Crippen molar-refractivity contribution < 1.29 is 0 Å². The SMILES string of the molecule is C=C/C1=C/C=C(/c2ccccc2)CCC#C1. The summed E-state index contributed by atoms with van der Waals surface area (Å²) >= 11 is 0. The molecule has 1 aromatic rings. The molecule has 0 amide bonds. The Bertz CT molecular complexity index is 490. The number of hydrogen-bond acceptors (Lipinski definition) is 0. The van der Waals surface area contributed by atoms with Crippen molar-refractivity contribution in [1.29, 1.82) is 0 Å². The molecule has 1 aliphatic rings. The van der Waals surface area contributed by atoms with E-state index in [-0.39, 0.29) is 0 Å². The number of benzene rings is 1. The third-order valence-corrected chi connectivity index (χ3v) is 2.58. The second kappa shape index (κ2) is 5.19. The van der Waals surface area contributed by atoms with Crippen LogP contribution in [0.1, 0.15) is 18.4 Å². The van der Waals surface area contributed by atoms with E-state index in [1.165, 1.54) is 11.1 Å². The molecule has 0 spiro atoms. The van der Waals surface area contributed by atoms with Crippen molar-refractivity contribution in [3.05, 3.63) is 66.3 Å². The van der Waals surface area contributed by atoms with E-state index >= 15 is 0 Å². The van der Waals surface area contributed by atoms with E-state index in [0.29, 0.717) is 0 Å². The molecule has 0 aliphatic heterocycles. The molecule has 0 atom stereocenters. The normalized spacial score (nSPS) is 21.2. The van der Waals surface area contributed by atoms with Crippen molar-refractivity contribution in [3.63, 3.8) is 0 Å². The lowest BCUT2D eigenvalue weighted by Gasteiger charge is -2.06. The fourth-order valence-electron chi connectivity index (χ4n) is 1.69. The maximum atomic E-state index is 3.75. The summed E-state index contributed by atoms with van der Waals surface area (Å²) in [7, 11) is 0. The Morgan fingerprint density at radius 2 is 1.94 bits per heavy atom. The van der Waals surface area contributed by atoms with Gasteiger partial charge in [0.05, 0.1) is 0 Å². The second-order valence-electron chi connectivity index (χ2n) is 3.69. The average Bonchev–Trinajstić information content (AvgIpc) is 2.30. The first-order valence-electron chi connectivity index (χ1n) is 5.48. The number of rotatable bonds is 2. The summed E-state index contributed by atoms with van der Waals surface area (Å²) in [5.41, 5.74) is 3.62. The van der Waals surface area contributed by atoms with Crippen molar-refractivity contribution in [1.82, 2.24) is 0 Å². The quantitative estimate of drug-likeness (QED) is 0.642. The lowest BCUT2D eigenvalue weighted by atomic mass is 9.99. The van der Waals surface area contributed by atoms with E-state index < -0.39 is 0 Å². The third-order valence-electron chi connectivity index (χ3n) is 2.58. The monoisotopic (exact) mass is 206 g/mol. The van der Waals surface area contributed by atoms with Crippen LogP contribution in [0.15, 0.2) is 60.7 Å². The lowest BCUT2D eigenvalue weighted by molar-refractivity contribution is 1.10. The third kappa shape index (κ3) is 2.52. The average molecular weight is 206 g/mol. The first-order chi connectivity index (χ1) is 7.90. The largest absolute Gasteiger partial charge is 0.0978 e. The molecule has 0 saturated carbocycles. The van der Waals surface area contributed by atoms with Gasteiger partial charge in [0.2, 0.25) is 0 Å². The number of allylic oxidation sites excluding steroid dienone is 5. The van der Waals surface area contributed by atoms with E-state index in [1.54, 1.807) is 6.08 Å². The Labute approximate surface area is 97.0 Å². The fourth-order valence-corrected chi connectivity index (χ4v) is 1.69. The van der Waals surface area contributed by atoms with Crippen molar-refractivity contribution >= 4 is 5.57 Å². The molecule has 0 heteroatoms. The first-order valence-corrected chi connectivity index (χ1v) is 5.48. The van der Waals surface area contributed by atoms with Crippen molar-refractivity contribution in [3.8, 4) is 11.8 Å². The minimum absolute atomic E-state index is 0.909. The summed E-state index contributed by atoms with van der Waals surface area (Å²) in [6, 6.07) is 10.5. The molecular weight excluding hydrogens is 192 g/mol. The van der Waals surface area contributed by atoms with Crippen LogP contribution in [0.5, 0.6) is 0 Å². The Balaban J connectivity index is 2.33. The molecule has 16 heavy (non-hydrogen) atoms. The molecule has 0 nitrogen and oxygen atoms in total. The predicted molar refractivity (Wildman–Crippen MR) is 69.7 cm³/mol. The van der Waals surface area contributed by atoms with Crippen LogP contribution in [0.2, 0.25) is 0 Å². The molecule has 78 valence electrons. The van der Waals surface area contributed by atoms with E-state index in [1.807, 2.05) is 12.1 Å². The van der Waals surface area contributed by atoms with Gasteiger partial charge in [-0.3, -0.25) is 0 Å². The maximum absolute atomic E-state index is 3.75. The molecule has 1 aliphatic carbocycles. The summed E-state index contributed by atoms with van der Waals surface area (Å²) in [5, 5.41) is 0. The van der Waals surface area contributed by atoms with Gasteiger partial charge in [0.15, 0.2) is 0 Å². The van der Waals surface area contributed by atoms with Gasteiger partial charge in [-0.05, 0) is 23.6 Å². The summed E-state index contributed by atoms with van der Waals surface area (Å²) in [4.78, 5) is 0. The highest BCUT2D eigenvalue weighted by Crippen LogP contribution is 2.20. The topological polar surface area (TPSA) is 0 Å². The summed E-state index contributed by atoms with van der Waals surface area (Å²) in [5.74, 6) is 6.25. The van der Waals surface area contributed by atoms with E-state index in [0.717, 1.165) is 18.4 Å². The zero-order valence-electron chi connectivity index (χ0n) is 9.24. The molecule has 0 heterocycles. The van der Waals surface area contributed by atoms with Crippen molar-refractivity contribution in [2.24, 2.45) is 0 Å². The van der Waals surface area contributed by atoms with Gasteiger partial charge in [0, 0.05) is 12.0 Å². The summed E-state index contributed by atoms with van der Waals surface area (Å²) in [6.07, 6.45) is 7.92. The van der Waals surface area contributed by atoms with Gasteiger partial charge in [0.25, 0.3) is 0 Å². The molecule has 1 aromatic carbocycles. The van der Waals surface area contributed by atoms with Gasteiger partial charge in [-0.2, -0.15) is 0 Å². The van der Waals surface area contributed by atoms with Gasteiger partial charge >= 0.3 is 0 Å². The molecule has 0 unspecified atom stereocenters. The standard InChI is InChI=1S/C16H14/c1-2-14-8-6-7-11-16(13-12-14)15-9-4-3-5-10-15/h2-5,9-10,12-13H,1,7,11H2/b14-12-,16-13+.